The summed E-state index contributed by atoms with van der Waals surface area (Å²) in [5.74, 6) is 0. The first-order valence-corrected chi connectivity index (χ1v) is 4.90. The van der Waals surface area contributed by atoms with Crippen LogP contribution in [0, 0.1) is 5.41 Å². The maximum Gasteiger partial charge on any atom is 0.503 e. The second kappa shape index (κ2) is 9.49. The number of hydrogen-bond donors (Lipinski definition) is 5. The Morgan fingerprint density at radius 1 is 0.889 bits per heavy atom. The molecule has 0 aliphatic carbocycles. The van der Waals surface area contributed by atoms with E-state index in [2.05, 4.69) is 25.7 Å². The fourth-order valence-corrected chi connectivity index (χ4v) is 1.31. The van der Waals surface area contributed by atoms with Crippen molar-refractivity contribution in [3.05, 3.63) is 0 Å². The zero-order valence-corrected chi connectivity index (χ0v) is 11.2. The molecule has 0 heterocycles. The summed E-state index contributed by atoms with van der Waals surface area (Å²) in [6.07, 6.45) is -2.82. The van der Waals surface area contributed by atoms with Crippen LogP contribution in [0.1, 0.15) is 41.0 Å². The number of carboxylic acid groups (broad SMARTS) is 4. The van der Waals surface area contributed by atoms with Gasteiger partial charge in [0.15, 0.2) is 0 Å². The molecule has 0 unspecified atom stereocenters. The van der Waals surface area contributed by atoms with Gasteiger partial charge in [0.25, 0.3) is 0 Å². The summed E-state index contributed by atoms with van der Waals surface area (Å²) in [4.78, 5) is 21.4. The predicted octanol–water partition coefficient (Wildman–Crippen LogP) is 3.14. The maximum absolute atomic E-state index is 8.56. The summed E-state index contributed by atoms with van der Waals surface area (Å²) >= 11 is 0. The van der Waals surface area contributed by atoms with Gasteiger partial charge in [-0.1, -0.05) is 20.8 Å². The van der Waals surface area contributed by atoms with Crippen molar-refractivity contribution < 1.29 is 40.2 Å². The largest absolute Gasteiger partial charge is 0.503 e. The topological polar surface area (TPSA) is 145 Å². The molecule has 0 radical (unpaired) electrons. The molecule has 0 aromatic rings. The molecule has 18 heavy (non-hydrogen) atoms. The van der Waals surface area contributed by atoms with E-state index in [0.29, 0.717) is 0 Å². The highest BCUT2D eigenvalue weighted by molar-refractivity contribution is 5.53. The van der Waals surface area contributed by atoms with Crippen molar-refractivity contribution in [2.45, 2.75) is 46.6 Å². The van der Waals surface area contributed by atoms with Crippen molar-refractivity contribution >= 4 is 12.3 Å². The Labute approximate surface area is 105 Å². The van der Waals surface area contributed by atoms with Crippen LogP contribution >= 0.6 is 0 Å². The van der Waals surface area contributed by atoms with Crippen LogP contribution in [0.4, 0.5) is 9.59 Å². The molecule has 0 spiro atoms. The summed E-state index contributed by atoms with van der Waals surface area (Å²) in [6.45, 7) is 10.1. The van der Waals surface area contributed by atoms with Gasteiger partial charge in [-0.25, -0.2) is 14.5 Å². The van der Waals surface area contributed by atoms with Crippen LogP contribution in [0.5, 0.6) is 0 Å². The van der Waals surface area contributed by atoms with E-state index in [4.69, 9.17) is 35.3 Å². The SMILES string of the molecule is CC(C)(C)CC(C)(C)OO.O=C(O)O.O=C(O)O. The molecule has 0 aromatic carbocycles. The second-order valence-electron chi connectivity index (χ2n) is 5.15. The van der Waals surface area contributed by atoms with Crippen molar-refractivity contribution in [2.75, 3.05) is 0 Å². The zero-order valence-electron chi connectivity index (χ0n) is 11.2. The van der Waals surface area contributed by atoms with Gasteiger partial charge < -0.3 is 20.4 Å². The minimum Gasteiger partial charge on any atom is -0.450 e. The van der Waals surface area contributed by atoms with Gasteiger partial charge in [0, 0.05) is 0 Å². The van der Waals surface area contributed by atoms with Gasteiger partial charge in [0.1, 0.15) is 0 Å². The van der Waals surface area contributed by atoms with Crippen LogP contribution in [0.15, 0.2) is 0 Å². The summed E-state index contributed by atoms with van der Waals surface area (Å²) in [6, 6.07) is 0. The van der Waals surface area contributed by atoms with Gasteiger partial charge in [-0.3, -0.25) is 5.26 Å². The van der Waals surface area contributed by atoms with Crippen LogP contribution in [0.2, 0.25) is 0 Å². The Hall–Kier alpha value is -1.54. The Morgan fingerprint density at radius 2 is 1.11 bits per heavy atom. The van der Waals surface area contributed by atoms with Crippen LogP contribution in [0.3, 0.4) is 0 Å². The van der Waals surface area contributed by atoms with E-state index in [1.54, 1.807) is 0 Å². The lowest BCUT2D eigenvalue weighted by atomic mass is 9.84. The summed E-state index contributed by atoms with van der Waals surface area (Å²) in [7, 11) is 0. The maximum atomic E-state index is 8.56. The van der Waals surface area contributed by atoms with Gasteiger partial charge in [-0.2, -0.15) is 0 Å². The highest BCUT2D eigenvalue weighted by Crippen LogP contribution is 2.28. The molecule has 5 N–H and O–H groups in total. The molecule has 110 valence electrons. The van der Waals surface area contributed by atoms with Crippen molar-refractivity contribution in [1.82, 2.24) is 0 Å². The van der Waals surface area contributed by atoms with E-state index < -0.39 is 17.9 Å². The molecule has 0 saturated heterocycles. The molecule has 0 aliphatic rings. The van der Waals surface area contributed by atoms with Gasteiger partial charge in [0.2, 0.25) is 0 Å². The van der Waals surface area contributed by atoms with E-state index in [9.17, 15) is 0 Å². The number of rotatable bonds is 2. The van der Waals surface area contributed by atoms with E-state index >= 15 is 0 Å². The molecule has 8 nitrogen and oxygen atoms in total. The molecule has 0 atom stereocenters. The van der Waals surface area contributed by atoms with Gasteiger partial charge >= 0.3 is 12.3 Å². The monoisotopic (exact) mass is 270 g/mol. The van der Waals surface area contributed by atoms with Crippen molar-refractivity contribution in [2.24, 2.45) is 5.41 Å². The fourth-order valence-electron chi connectivity index (χ4n) is 1.31. The first kappa shape index (κ1) is 21.7. The first-order chi connectivity index (χ1) is 7.73. The molecule has 0 bridgehead atoms. The Balaban J connectivity index is -0.000000233. The van der Waals surface area contributed by atoms with Crippen molar-refractivity contribution in [1.29, 1.82) is 0 Å². The smallest absolute Gasteiger partial charge is 0.450 e. The Bertz CT molecular complexity index is 221. The standard InChI is InChI=1S/C8H18O2.2CH2O3/c1-7(2,3)6-8(4,5)10-9;2*2-1(3)4/h9H,6H2,1-5H3;2*(H2,2,3,4). The summed E-state index contributed by atoms with van der Waals surface area (Å²) in [5.41, 5.74) is -0.218. The zero-order chi connectivity index (χ0) is 15.6. The Morgan fingerprint density at radius 3 is 1.17 bits per heavy atom. The molecule has 0 saturated carbocycles. The molecule has 8 heteroatoms. The minimum atomic E-state index is -1.83. The quantitative estimate of drug-likeness (QED) is 0.380. The average Bonchev–Trinajstić information content (AvgIpc) is 1.97. The third-order valence-corrected chi connectivity index (χ3v) is 1.20. The van der Waals surface area contributed by atoms with Crippen molar-refractivity contribution in [3.8, 4) is 0 Å². The third-order valence-electron chi connectivity index (χ3n) is 1.20. The van der Waals surface area contributed by atoms with Crippen molar-refractivity contribution in [3.63, 3.8) is 0 Å². The lowest BCUT2D eigenvalue weighted by molar-refractivity contribution is -0.318. The predicted molar refractivity (Wildman–Crippen MR) is 63.2 cm³/mol. The average molecular weight is 270 g/mol. The molecule has 0 aromatic heterocycles. The molecule has 0 aliphatic heterocycles. The summed E-state index contributed by atoms with van der Waals surface area (Å²) in [5, 5.41) is 36.3. The van der Waals surface area contributed by atoms with E-state index in [1.807, 2.05) is 13.8 Å². The van der Waals surface area contributed by atoms with E-state index in [1.165, 1.54) is 0 Å². The van der Waals surface area contributed by atoms with Gasteiger partial charge in [-0.15, -0.1) is 0 Å². The molecular formula is C10H22O8. The molecular weight excluding hydrogens is 248 g/mol. The van der Waals surface area contributed by atoms with Gasteiger partial charge in [-0.05, 0) is 25.7 Å². The fraction of sp³-hybridized carbons (Fsp3) is 0.800. The van der Waals surface area contributed by atoms with Crippen LogP contribution in [-0.4, -0.2) is 43.6 Å². The Kier molecular flexibility index (Phi) is 11.4. The van der Waals surface area contributed by atoms with E-state index in [0.717, 1.165) is 6.42 Å². The van der Waals surface area contributed by atoms with Crippen LogP contribution in [-0.2, 0) is 4.89 Å². The summed E-state index contributed by atoms with van der Waals surface area (Å²) < 4.78 is 0. The molecule has 0 fully saturated rings. The lowest BCUT2D eigenvalue weighted by Crippen LogP contribution is -2.28. The second-order valence-corrected chi connectivity index (χ2v) is 5.15. The third kappa shape index (κ3) is 47.1. The lowest BCUT2D eigenvalue weighted by Gasteiger charge is -2.29. The van der Waals surface area contributed by atoms with Crippen LogP contribution < -0.4 is 0 Å². The van der Waals surface area contributed by atoms with Gasteiger partial charge in [0.05, 0.1) is 5.60 Å². The molecule has 0 rings (SSSR count). The van der Waals surface area contributed by atoms with Crippen LogP contribution in [0.25, 0.3) is 0 Å². The minimum absolute atomic E-state index is 0.201. The van der Waals surface area contributed by atoms with E-state index in [-0.39, 0.29) is 5.41 Å². The number of carbonyl (C=O) groups is 2. The molecule has 0 amide bonds. The first-order valence-electron chi connectivity index (χ1n) is 4.90. The highest BCUT2D eigenvalue weighted by Gasteiger charge is 2.26. The highest BCUT2D eigenvalue weighted by atomic mass is 17.1. The number of hydrogen-bond acceptors (Lipinski definition) is 4. The normalized spacial score (nSPS) is 10.3.